The molecule has 0 spiro atoms. The fraction of sp³-hybridized carbons (Fsp3) is 0.556. The number of nitrogens with zero attached hydrogens (tertiary/aromatic N) is 6. The third-order valence-electron chi connectivity index (χ3n) is 4.68. The van der Waals surface area contributed by atoms with E-state index in [2.05, 4.69) is 61.4 Å². The van der Waals surface area contributed by atoms with Crippen LogP contribution in [0.3, 0.4) is 0 Å². The summed E-state index contributed by atoms with van der Waals surface area (Å²) < 4.78 is 3.90. The van der Waals surface area contributed by atoms with Gasteiger partial charge >= 0.3 is 0 Å². The molecule has 25 heavy (non-hydrogen) atoms. The Bertz CT molecular complexity index is 911. The quantitative estimate of drug-likeness (QED) is 0.788. The number of aromatic nitrogens is 6. The summed E-state index contributed by atoms with van der Waals surface area (Å²) in [6.45, 7) is 10.7. The number of hydrogen-bond donors (Lipinski definition) is 1. The molecule has 4 rings (SSSR count). The van der Waals surface area contributed by atoms with Gasteiger partial charge in [-0.3, -0.25) is 4.68 Å². The highest BCUT2D eigenvalue weighted by Crippen LogP contribution is 2.38. The van der Waals surface area contributed by atoms with Crippen LogP contribution in [0, 0.1) is 6.92 Å². The summed E-state index contributed by atoms with van der Waals surface area (Å²) in [5.74, 6) is 2.31. The minimum absolute atomic E-state index is 0.0263. The predicted octanol–water partition coefficient (Wildman–Crippen LogP) is 3.43. The van der Waals surface area contributed by atoms with Crippen LogP contribution in [0.4, 0.5) is 5.82 Å². The molecule has 0 bridgehead atoms. The Hall–Kier alpha value is -2.44. The zero-order valence-electron chi connectivity index (χ0n) is 15.5. The number of aryl methyl sites for hydroxylation is 1. The first kappa shape index (κ1) is 16.1. The molecule has 0 radical (unpaired) electrons. The SMILES string of the molecule is Cc1nn(C(C)(C)C)cc1C(C)Nc1ccc2nnc(C3CC3)n2n1. The Balaban J connectivity index is 1.60. The summed E-state index contributed by atoms with van der Waals surface area (Å²) in [6.07, 6.45) is 4.49. The van der Waals surface area contributed by atoms with Gasteiger partial charge in [0.15, 0.2) is 11.5 Å². The van der Waals surface area contributed by atoms with E-state index < -0.39 is 0 Å². The van der Waals surface area contributed by atoms with Gasteiger partial charge in [0, 0.05) is 17.7 Å². The topological polar surface area (TPSA) is 72.9 Å². The van der Waals surface area contributed by atoms with Crippen molar-refractivity contribution in [3.05, 3.63) is 35.4 Å². The highest BCUT2D eigenvalue weighted by atomic mass is 15.4. The molecule has 0 saturated heterocycles. The number of fused-ring (bicyclic) bond motifs is 1. The smallest absolute Gasteiger partial charge is 0.178 e. The summed E-state index contributed by atoms with van der Waals surface area (Å²) in [7, 11) is 0. The highest BCUT2D eigenvalue weighted by molar-refractivity contribution is 5.46. The van der Waals surface area contributed by atoms with E-state index in [-0.39, 0.29) is 11.6 Å². The molecule has 1 fully saturated rings. The van der Waals surface area contributed by atoms with Gasteiger partial charge in [-0.1, -0.05) is 0 Å². The first-order valence-corrected chi connectivity index (χ1v) is 8.88. The molecule has 132 valence electrons. The lowest BCUT2D eigenvalue weighted by atomic mass is 10.1. The van der Waals surface area contributed by atoms with Crippen molar-refractivity contribution in [3.63, 3.8) is 0 Å². The maximum atomic E-state index is 4.70. The second-order valence-electron chi connectivity index (χ2n) is 7.97. The van der Waals surface area contributed by atoms with Crippen molar-refractivity contribution < 1.29 is 0 Å². The molecule has 0 amide bonds. The molecule has 1 N–H and O–H groups in total. The van der Waals surface area contributed by atoms with Crippen molar-refractivity contribution in [1.82, 2.24) is 29.6 Å². The average Bonchev–Trinajstić information content (AvgIpc) is 3.16. The van der Waals surface area contributed by atoms with Crippen LogP contribution in [0.5, 0.6) is 0 Å². The Morgan fingerprint density at radius 1 is 1.16 bits per heavy atom. The van der Waals surface area contributed by atoms with Crippen LogP contribution in [-0.2, 0) is 5.54 Å². The molecule has 1 atom stereocenters. The van der Waals surface area contributed by atoms with Crippen molar-refractivity contribution in [2.24, 2.45) is 0 Å². The minimum atomic E-state index is -0.0263. The van der Waals surface area contributed by atoms with Gasteiger partial charge in [0.1, 0.15) is 5.82 Å². The summed E-state index contributed by atoms with van der Waals surface area (Å²) in [6, 6.07) is 4.04. The zero-order valence-corrected chi connectivity index (χ0v) is 15.5. The van der Waals surface area contributed by atoms with Gasteiger partial charge in [-0.05, 0) is 59.6 Å². The molecular formula is C18H25N7. The van der Waals surface area contributed by atoms with E-state index in [4.69, 9.17) is 5.10 Å². The van der Waals surface area contributed by atoms with Gasteiger partial charge in [-0.2, -0.15) is 9.61 Å². The molecule has 1 unspecified atom stereocenters. The van der Waals surface area contributed by atoms with E-state index >= 15 is 0 Å². The van der Waals surface area contributed by atoms with Gasteiger partial charge in [0.2, 0.25) is 0 Å². The fourth-order valence-corrected chi connectivity index (χ4v) is 3.02. The monoisotopic (exact) mass is 339 g/mol. The molecule has 7 nitrogen and oxygen atoms in total. The van der Waals surface area contributed by atoms with E-state index in [1.54, 1.807) is 0 Å². The molecule has 0 aliphatic heterocycles. The van der Waals surface area contributed by atoms with Crippen LogP contribution in [0.15, 0.2) is 18.3 Å². The van der Waals surface area contributed by atoms with Crippen molar-refractivity contribution in [1.29, 1.82) is 0 Å². The molecule has 3 aromatic rings. The van der Waals surface area contributed by atoms with Crippen molar-refractivity contribution in [2.75, 3.05) is 5.32 Å². The van der Waals surface area contributed by atoms with E-state index in [0.29, 0.717) is 5.92 Å². The van der Waals surface area contributed by atoms with Crippen LogP contribution in [0.2, 0.25) is 0 Å². The summed E-state index contributed by atoms with van der Waals surface area (Å²) in [5.41, 5.74) is 3.00. The van der Waals surface area contributed by atoms with Gasteiger partial charge < -0.3 is 5.32 Å². The van der Waals surface area contributed by atoms with Crippen molar-refractivity contribution in [3.8, 4) is 0 Å². The zero-order chi connectivity index (χ0) is 17.8. The van der Waals surface area contributed by atoms with E-state index in [9.17, 15) is 0 Å². The Kier molecular flexibility index (Phi) is 3.56. The Labute approximate surface area is 147 Å². The van der Waals surface area contributed by atoms with Crippen LogP contribution >= 0.6 is 0 Å². The van der Waals surface area contributed by atoms with Crippen LogP contribution < -0.4 is 5.32 Å². The lowest BCUT2D eigenvalue weighted by Gasteiger charge is -2.19. The van der Waals surface area contributed by atoms with E-state index in [0.717, 1.165) is 23.0 Å². The Morgan fingerprint density at radius 3 is 2.56 bits per heavy atom. The molecule has 0 aromatic carbocycles. The lowest BCUT2D eigenvalue weighted by molar-refractivity contribution is 0.354. The number of rotatable bonds is 4. The molecule has 7 heteroatoms. The lowest BCUT2D eigenvalue weighted by Crippen LogP contribution is -2.22. The van der Waals surface area contributed by atoms with Crippen LogP contribution in [0.1, 0.15) is 69.6 Å². The number of nitrogens with one attached hydrogen (secondary N) is 1. The summed E-state index contributed by atoms with van der Waals surface area (Å²) in [4.78, 5) is 0. The van der Waals surface area contributed by atoms with Crippen molar-refractivity contribution >= 4 is 11.5 Å². The first-order valence-electron chi connectivity index (χ1n) is 8.88. The van der Waals surface area contributed by atoms with Crippen LogP contribution in [-0.4, -0.2) is 29.6 Å². The van der Waals surface area contributed by atoms with Gasteiger partial charge in [-0.25, -0.2) is 0 Å². The normalized spacial score (nSPS) is 16.4. The number of hydrogen-bond acceptors (Lipinski definition) is 5. The predicted molar refractivity (Wildman–Crippen MR) is 96.8 cm³/mol. The second-order valence-corrected chi connectivity index (χ2v) is 7.97. The molecular weight excluding hydrogens is 314 g/mol. The largest absolute Gasteiger partial charge is 0.362 e. The second kappa shape index (κ2) is 5.54. The Morgan fingerprint density at radius 2 is 1.92 bits per heavy atom. The standard InChI is InChI=1S/C18H25N7/c1-11(14-10-24(18(3,4)5)22-12(14)2)19-15-8-9-16-20-21-17(13-6-7-13)25(16)23-15/h8-11,13H,6-7H2,1-5H3,(H,19,23). The van der Waals surface area contributed by atoms with Crippen molar-refractivity contribution in [2.45, 2.75) is 65.0 Å². The van der Waals surface area contributed by atoms with E-state index in [1.807, 2.05) is 21.3 Å². The molecule has 1 saturated carbocycles. The highest BCUT2D eigenvalue weighted by Gasteiger charge is 2.29. The van der Waals surface area contributed by atoms with Gasteiger partial charge in [0.25, 0.3) is 0 Å². The number of anilines is 1. The molecule has 1 aliphatic carbocycles. The first-order chi connectivity index (χ1) is 11.8. The third kappa shape index (κ3) is 2.99. The molecule has 3 heterocycles. The molecule has 1 aliphatic rings. The van der Waals surface area contributed by atoms with Gasteiger partial charge in [0.05, 0.1) is 17.3 Å². The average molecular weight is 339 g/mol. The summed E-state index contributed by atoms with van der Waals surface area (Å²) >= 11 is 0. The van der Waals surface area contributed by atoms with Gasteiger partial charge in [-0.15, -0.1) is 15.3 Å². The fourth-order valence-electron chi connectivity index (χ4n) is 3.02. The maximum absolute atomic E-state index is 4.70. The summed E-state index contributed by atoms with van der Waals surface area (Å²) in [5, 5.41) is 21.4. The molecule has 3 aromatic heterocycles. The van der Waals surface area contributed by atoms with Crippen LogP contribution in [0.25, 0.3) is 5.65 Å². The minimum Gasteiger partial charge on any atom is -0.362 e. The van der Waals surface area contributed by atoms with E-state index in [1.165, 1.54) is 18.4 Å². The maximum Gasteiger partial charge on any atom is 0.178 e. The third-order valence-corrected chi connectivity index (χ3v) is 4.68.